The van der Waals surface area contributed by atoms with E-state index in [2.05, 4.69) is 15.5 Å². The summed E-state index contributed by atoms with van der Waals surface area (Å²) in [6.45, 7) is 4.00. The van der Waals surface area contributed by atoms with Crippen LogP contribution in [0.1, 0.15) is 38.3 Å². The number of allylic oxidation sites excluding steroid dienone is 2. The predicted octanol–water partition coefficient (Wildman–Crippen LogP) is 2.97. The van der Waals surface area contributed by atoms with E-state index >= 15 is 0 Å². The third-order valence-corrected chi connectivity index (χ3v) is 7.47. The molecule has 0 bridgehead atoms. The molecule has 1 atom stereocenters. The number of hydrogen-bond acceptors (Lipinski definition) is 7. The Bertz CT molecular complexity index is 1980. The Hall–Kier alpha value is -4.60. The molecule has 0 saturated carbocycles. The van der Waals surface area contributed by atoms with Crippen molar-refractivity contribution in [3.05, 3.63) is 80.4 Å². The maximum Gasteiger partial charge on any atom is 0.277 e. The van der Waals surface area contributed by atoms with Crippen molar-refractivity contribution in [3.8, 4) is 5.75 Å². The van der Waals surface area contributed by atoms with Gasteiger partial charge in [-0.1, -0.05) is 26.0 Å². The number of aromatic nitrogens is 6. The van der Waals surface area contributed by atoms with Crippen LogP contribution in [-0.4, -0.2) is 42.3 Å². The van der Waals surface area contributed by atoms with Crippen molar-refractivity contribution < 1.29 is 9.53 Å². The molecule has 1 unspecified atom stereocenters. The summed E-state index contributed by atoms with van der Waals surface area (Å²) in [7, 11) is 1.58. The van der Waals surface area contributed by atoms with Crippen LogP contribution in [0.5, 0.6) is 5.75 Å². The maximum atomic E-state index is 14.0. The molecular weight excluding hydrogens is 472 g/mol. The zero-order valence-electron chi connectivity index (χ0n) is 20.4. The highest BCUT2D eigenvalue weighted by atomic mass is 16.5. The van der Waals surface area contributed by atoms with E-state index in [9.17, 15) is 14.4 Å². The second-order valence-corrected chi connectivity index (χ2v) is 10.5. The zero-order valence-corrected chi connectivity index (χ0v) is 20.4. The lowest BCUT2D eigenvalue weighted by Crippen LogP contribution is -2.37. The van der Waals surface area contributed by atoms with Crippen LogP contribution in [-0.2, 0) is 4.79 Å². The molecule has 184 valence electrons. The first kappa shape index (κ1) is 21.7. The molecule has 3 aromatic heterocycles. The Labute approximate surface area is 209 Å². The fourth-order valence-electron chi connectivity index (χ4n) is 5.91. The van der Waals surface area contributed by atoms with Gasteiger partial charge in [0.1, 0.15) is 11.8 Å². The first-order chi connectivity index (χ1) is 17.8. The standard InChI is InChI=1S/C27H22N6O4/c1-27(2)12-20-22(21(34)13-27)23(33-26(36)17-7-5-4-6-16(17)25(35)32(20)33)18-11-14-10-15(37-3)8-9-19(14)31-24(18)28-29-30-31/h4-11,23H,12-13H2,1-3H3. The van der Waals surface area contributed by atoms with Gasteiger partial charge in [0.15, 0.2) is 11.4 Å². The van der Waals surface area contributed by atoms with Crippen molar-refractivity contribution in [2.24, 2.45) is 5.41 Å². The average molecular weight is 495 g/mol. The molecule has 1 aliphatic carbocycles. The van der Waals surface area contributed by atoms with Gasteiger partial charge in [0.2, 0.25) is 0 Å². The Morgan fingerprint density at radius 2 is 1.73 bits per heavy atom. The molecular formula is C27H22N6O4. The van der Waals surface area contributed by atoms with E-state index < -0.39 is 6.04 Å². The Morgan fingerprint density at radius 3 is 2.49 bits per heavy atom. The normalized spacial score (nSPS) is 18.6. The SMILES string of the molecule is COc1ccc2c(c1)cc(C1C3=C(CC(C)(C)CC3=O)n3c(=O)c4ccccc4c(=O)n31)c1nnnn12. The van der Waals surface area contributed by atoms with Crippen LogP contribution in [0.15, 0.2) is 63.7 Å². The number of pyridine rings is 1. The summed E-state index contributed by atoms with van der Waals surface area (Å²) in [6.07, 6.45) is 0.785. The number of tetrazole rings is 1. The molecule has 4 heterocycles. The van der Waals surface area contributed by atoms with Crippen LogP contribution in [0.2, 0.25) is 0 Å². The molecule has 2 aliphatic rings. The molecule has 0 amide bonds. The smallest absolute Gasteiger partial charge is 0.277 e. The summed E-state index contributed by atoms with van der Waals surface area (Å²) in [5.41, 5.74) is 1.69. The van der Waals surface area contributed by atoms with Gasteiger partial charge >= 0.3 is 0 Å². The lowest BCUT2D eigenvalue weighted by atomic mass is 9.74. The highest BCUT2D eigenvalue weighted by Gasteiger charge is 2.45. The van der Waals surface area contributed by atoms with E-state index in [1.165, 1.54) is 9.36 Å². The minimum atomic E-state index is -0.854. The number of fused-ring (bicyclic) bond motifs is 6. The van der Waals surface area contributed by atoms with Crippen molar-refractivity contribution in [1.82, 2.24) is 29.4 Å². The number of carbonyl (C=O) groups is 1. The molecule has 10 heteroatoms. The topological polar surface area (TPSA) is 113 Å². The van der Waals surface area contributed by atoms with Gasteiger partial charge in [0.05, 0.1) is 29.1 Å². The summed E-state index contributed by atoms with van der Waals surface area (Å²) < 4.78 is 9.85. The average Bonchev–Trinajstić information content (AvgIpc) is 3.49. The van der Waals surface area contributed by atoms with Gasteiger partial charge in [0, 0.05) is 22.9 Å². The minimum absolute atomic E-state index is 0.0910. The van der Waals surface area contributed by atoms with Crippen molar-refractivity contribution in [2.45, 2.75) is 32.7 Å². The van der Waals surface area contributed by atoms with Crippen LogP contribution < -0.4 is 15.9 Å². The summed E-state index contributed by atoms with van der Waals surface area (Å²) in [6, 6.07) is 13.3. The van der Waals surface area contributed by atoms with Gasteiger partial charge in [-0.15, -0.1) is 5.10 Å². The molecule has 1 aliphatic heterocycles. The number of hydrogen-bond donors (Lipinski definition) is 0. The Morgan fingerprint density at radius 1 is 0.973 bits per heavy atom. The number of nitrogens with zero attached hydrogens (tertiary/aromatic N) is 6. The van der Waals surface area contributed by atoms with Gasteiger partial charge in [0.25, 0.3) is 11.1 Å². The molecule has 2 aromatic carbocycles. The van der Waals surface area contributed by atoms with Crippen LogP contribution in [0.4, 0.5) is 0 Å². The van der Waals surface area contributed by atoms with E-state index in [1.807, 2.05) is 38.1 Å². The number of ketones is 1. The highest BCUT2D eigenvalue weighted by Crippen LogP contribution is 2.47. The van der Waals surface area contributed by atoms with E-state index in [0.29, 0.717) is 51.8 Å². The number of carbonyl (C=O) groups excluding carboxylic acids is 1. The molecule has 5 aromatic rings. The molecule has 37 heavy (non-hydrogen) atoms. The molecule has 0 saturated heterocycles. The van der Waals surface area contributed by atoms with E-state index in [4.69, 9.17) is 4.74 Å². The molecule has 10 nitrogen and oxygen atoms in total. The molecule has 0 radical (unpaired) electrons. The number of methoxy groups -OCH3 is 1. The lowest BCUT2D eigenvalue weighted by Gasteiger charge is -2.30. The summed E-state index contributed by atoms with van der Waals surface area (Å²) >= 11 is 0. The second-order valence-electron chi connectivity index (χ2n) is 10.5. The number of rotatable bonds is 2. The van der Waals surface area contributed by atoms with Crippen LogP contribution in [0, 0.1) is 5.41 Å². The quantitative estimate of drug-likeness (QED) is 0.371. The highest BCUT2D eigenvalue weighted by molar-refractivity contribution is 6.05. The molecule has 7 rings (SSSR count). The van der Waals surface area contributed by atoms with Gasteiger partial charge in [-0.2, -0.15) is 4.52 Å². The van der Waals surface area contributed by atoms with E-state index in [1.54, 1.807) is 35.9 Å². The fourth-order valence-corrected chi connectivity index (χ4v) is 5.91. The van der Waals surface area contributed by atoms with Crippen LogP contribution in [0.25, 0.3) is 33.0 Å². The summed E-state index contributed by atoms with van der Waals surface area (Å²) in [5.74, 6) is 0.555. The van der Waals surface area contributed by atoms with Gasteiger partial charge in [-0.3, -0.25) is 14.4 Å². The number of Topliss-reactive ketones (excluding diaryl/α,β-unsaturated/α-hetero) is 1. The van der Waals surface area contributed by atoms with Gasteiger partial charge < -0.3 is 4.74 Å². The van der Waals surface area contributed by atoms with Gasteiger partial charge in [-0.25, -0.2) is 9.36 Å². The lowest BCUT2D eigenvalue weighted by molar-refractivity contribution is -0.118. The van der Waals surface area contributed by atoms with E-state index in [-0.39, 0.29) is 22.3 Å². The minimum Gasteiger partial charge on any atom is -0.497 e. The summed E-state index contributed by atoms with van der Waals surface area (Å²) in [4.78, 5) is 41.6. The number of ether oxygens (including phenoxy) is 1. The van der Waals surface area contributed by atoms with Crippen molar-refractivity contribution in [1.29, 1.82) is 0 Å². The summed E-state index contributed by atoms with van der Waals surface area (Å²) in [5, 5.41) is 13.7. The molecule has 0 spiro atoms. The third kappa shape index (κ3) is 2.86. The predicted molar refractivity (Wildman–Crippen MR) is 137 cm³/mol. The first-order valence-electron chi connectivity index (χ1n) is 12.0. The second kappa shape index (κ2) is 7.22. The third-order valence-electron chi connectivity index (χ3n) is 7.47. The Balaban J connectivity index is 1.64. The number of benzene rings is 2. The molecule has 0 N–H and O–H groups in total. The van der Waals surface area contributed by atoms with Crippen LogP contribution in [0.3, 0.4) is 0 Å². The fraction of sp³-hybridized carbons (Fsp3) is 0.259. The van der Waals surface area contributed by atoms with Crippen LogP contribution >= 0.6 is 0 Å². The molecule has 0 fully saturated rings. The zero-order chi connectivity index (χ0) is 25.6. The largest absolute Gasteiger partial charge is 0.497 e. The van der Waals surface area contributed by atoms with Crippen molar-refractivity contribution in [2.75, 3.05) is 7.11 Å². The van der Waals surface area contributed by atoms with E-state index in [0.717, 1.165) is 10.9 Å². The maximum absolute atomic E-state index is 14.0. The monoisotopic (exact) mass is 494 g/mol. The van der Waals surface area contributed by atoms with Crippen molar-refractivity contribution in [3.63, 3.8) is 0 Å². The first-order valence-corrected chi connectivity index (χ1v) is 12.0. The van der Waals surface area contributed by atoms with Crippen molar-refractivity contribution >= 4 is 38.8 Å². The van der Waals surface area contributed by atoms with Gasteiger partial charge in [-0.05, 0) is 58.7 Å². The Kier molecular flexibility index (Phi) is 4.23.